The van der Waals surface area contributed by atoms with Crippen LogP contribution < -0.4 is 0 Å². The molecule has 4 unspecified atom stereocenters. The molecule has 0 amide bonds. The fourth-order valence-corrected chi connectivity index (χ4v) is 3.37. The van der Waals surface area contributed by atoms with E-state index in [0.717, 1.165) is 12.0 Å². The van der Waals surface area contributed by atoms with Gasteiger partial charge >= 0.3 is 6.11 Å². The zero-order valence-electron chi connectivity index (χ0n) is 25.8. The molecule has 0 aliphatic rings. The first-order valence-electron chi connectivity index (χ1n) is 14.0. The van der Waals surface area contributed by atoms with Crippen molar-refractivity contribution < 1.29 is 26.7 Å². The second-order valence-corrected chi connectivity index (χ2v) is 10.5. The summed E-state index contributed by atoms with van der Waals surface area (Å²) in [5.41, 5.74) is 0.652. The first-order chi connectivity index (χ1) is 18.0. The van der Waals surface area contributed by atoms with Crippen LogP contribution in [0.2, 0.25) is 0 Å². The highest BCUT2D eigenvalue weighted by Gasteiger charge is 2.39. The van der Waals surface area contributed by atoms with Gasteiger partial charge in [-0.25, -0.2) is 13.2 Å². The summed E-state index contributed by atoms with van der Waals surface area (Å²) in [6, 6.07) is 0. The number of alkyl halides is 2. The summed E-state index contributed by atoms with van der Waals surface area (Å²) in [5.74, 6) is -3.34. The van der Waals surface area contributed by atoms with Gasteiger partial charge in [-0.3, -0.25) is 0 Å². The number of halogens is 5. The average Bonchev–Trinajstić information content (AvgIpc) is 2.88. The third-order valence-corrected chi connectivity index (χ3v) is 6.47. The first-order valence-corrected chi connectivity index (χ1v) is 14.0. The molecular weight excluding hydrogens is 507 g/mol. The summed E-state index contributed by atoms with van der Waals surface area (Å²) in [5, 5.41) is 0. The van der Waals surface area contributed by atoms with Crippen LogP contribution in [0.4, 0.5) is 22.0 Å². The van der Waals surface area contributed by atoms with E-state index >= 15 is 0 Å². The van der Waals surface area contributed by atoms with Crippen LogP contribution >= 0.6 is 0 Å². The van der Waals surface area contributed by atoms with Crippen LogP contribution in [-0.2, 0) is 4.74 Å². The topological polar surface area (TPSA) is 9.23 Å². The average molecular weight is 563 g/mol. The van der Waals surface area contributed by atoms with E-state index in [4.69, 9.17) is 4.74 Å². The largest absolute Gasteiger partial charge is 0.358 e. The molecule has 39 heavy (non-hydrogen) atoms. The Balaban J connectivity index is -0.00000124. The molecular formula is C33H55F5O. The highest BCUT2D eigenvalue weighted by atomic mass is 19.3. The minimum atomic E-state index is -3.34. The summed E-state index contributed by atoms with van der Waals surface area (Å²) in [4.78, 5) is 0. The number of hydrogen-bond acceptors (Lipinski definition) is 1. The van der Waals surface area contributed by atoms with Gasteiger partial charge in [0.15, 0.2) is 11.7 Å². The van der Waals surface area contributed by atoms with Gasteiger partial charge in [-0.2, -0.15) is 8.78 Å². The van der Waals surface area contributed by atoms with Crippen molar-refractivity contribution in [2.75, 3.05) is 0 Å². The molecule has 0 N–H and O–H groups in total. The van der Waals surface area contributed by atoms with Gasteiger partial charge in [0, 0.05) is 5.92 Å². The third-order valence-electron chi connectivity index (χ3n) is 6.47. The summed E-state index contributed by atoms with van der Waals surface area (Å²) in [6.07, 6.45) is 3.57. The Morgan fingerprint density at radius 3 is 1.72 bits per heavy atom. The van der Waals surface area contributed by atoms with Crippen LogP contribution in [0.1, 0.15) is 100 Å². The van der Waals surface area contributed by atoms with E-state index in [2.05, 4.69) is 53.7 Å². The Hall–Kier alpha value is -1.95. The van der Waals surface area contributed by atoms with Crippen LogP contribution in [0.5, 0.6) is 0 Å². The van der Waals surface area contributed by atoms with Gasteiger partial charge in [0.25, 0.3) is 0 Å². The lowest BCUT2D eigenvalue weighted by molar-refractivity contribution is -0.289. The van der Waals surface area contributed by atoms with Crippen molar-refractivity contribution in [2.24, 2.45) is 23.7 Å². The lowest BCUT2D eigenvalue weighted by Gasteiger charge is -2.28. The van der Waals surface area contributed by atoms with E-state index in [9.17, 15) is 22.0 Å². The summed E-state index contributed by atoms with van der Waals surface area (Å²) in [7, 11) is 0. The number of hydrogen-bond donors (Lipinski definition) is 0. The lowest BCUT2D eigenvalue weighted by Crippen LogP contribution is -2.33. The Kier molecular flexibility index (Phi) is 24.3. The molecule has 0 fully saturated rings. The molecule has 0 saturated heterocycles. The lowest BCUT2D eigenvalue weighted by atomic mass is 9.91. The van der Waals surface area contributed by atoms with Gasteiger partial charge in [-0.1, -0.05) is 86.6 Å². The maximum atomic E-state index is 14.4. The fraction of sp³-hybridized carbons (Fsp3) is 0.636. The molecule has 0 heterocycles. The third kappa shape index (κ3) is 20.6. The van der Waals surface area contributed by atoms with Gasteiger partial charge in [-0.05, 0) is 74.5 Å². The van der Waals surface area contributed by atoms with E-state index in [0.29, 0.717) is 30.4 Å². The summed E-state index contributed by atoms with van der Waals surface area (Å²) in [6.45, 7) is 31.0. The highest BCUT2D eigenvalue weighted by molar-refractivity contribution is 5.27. The molecule has 0 radical (unpaired) electrons. The molecule has 0 spiro atoms. The Morgan fingerprint density at radius 1 is 0.795 bits per heavy atom. The second-order valence-electron chi connectivity index (χ2n) is 10.5. The van der Waals surface area contributed by atoms with E-state index < -0.39 is 35.6 Å². The molecule has 0 saturated carbocycles. The van der Waals surface area contributed by atoms with Crippen LogP contribution in [0.3, 0.4) is 0 Å². The van der Waals surface area contributed by atoms with E-state index in [1.165, 1.54) is 32.3 Å². The van der Waals surface area contributed by atoms with Gasteiger partial charge in [0.2, 0.25) is 0 Å². The highest BCUT2D eigenvalue weighted by Crippen LogP contribution is 2.34. The Labute approximate surface area is 236 Å². The summed E-state index contributed by atoms with van der Waals surface area (Å²) < 4.78 is 73.4. The quantitative estimate of drug-likeness (QED) is 0.0973. The Morgan fingerprint density at radius 2 is 1.31 bits per heavy atom. The van der Waals surface area contributed by atoms with Crippen molar-refractivity contribution in [3.63, 3.8) is 0 Å². The number of unbranched alkanes of at least 4 members (excludes halogenated alkanes) is 1. The number of rotatable bonds is 17. The smallest absolute Gasteiger partial charge is 0.317 e. The van der Waals surface area contributed by atoms with Crippen molar-refractivity contribution in [3.8, 4) is 0 Å². The molecule has 0 aliphatic heterocycles. The Bertz CT molecular complexity index is 766. The molecule has 0 aromatic rings. The standard InChI is InChI=1S/C24H35F5O.C7H16.C2H4/c1-9-22(26)20(7)16(3)10-12-18(5)24(28,29)30-19(6)13-11-15(2)17(4)14-23(27)21(8)25;1-4-5-6-7(2)3;1-2/h9,14-16,18-19H,4,7-8,10-13H2,1-3,5-6H3;7H,4-6H2,1-3H3;1-2H2/b22-9+,23-14+;;. The predicted molar refractivity (Wildman–Crippen MR) is 160 cm³/mol. The second kappa shape index (κ2) is 22.8. The van der Waals surface area contributed by atoms with Gasteiger partial charge in [-0.15, -0.1) is 13.2 Å². The SMILES string of the molecule is C=C.C=C(F)/C(F)=C\C(=C)C(C)CCC(C)OC(F)(F)C(C)CCC(C)C(=C)/C(F)=C\C.CCCCC(C)C. The first kappa shape index (κ1) is 41.5. The minimum Gasteiger partial charge on any atom is -0.317 e. The van der Waals surface area contributed by atoms with Crippen LogP contribution in [0, 0.1) is 23.7 Å². The number of ether oxygens (including phenoxy) is 1. The van der Waals surface area contributed by atoms with Gasteiger partial charge < -0.3 is 4.74 Å². The minimum absolute atomic E-state index is 0.154. The van der Waals surface area contributed by atoms with Crippen LogP contribution in [0.15, 0.2) is 73.7 Å². The normalized spacial score (nSPS) is 15.2. The maximum absolute atomic E-state index is 14.4. The molecule has 228 valence electrons. The van der Waals surface area contributed by atoms with Crippen LogP contribution in [-0.4, -0.2) is 12.2 Å². The van der Waals surface area contributed by atoms with Gasteiger partial charge in [0.1, 0.15) is 5.83 Å². The van der Waals surface area contributed by atoms with Crippen LogP contribution in [0.25, 0.3) is 0 Å². The molecule has 0 bridgehead atoms. The molecule has 0 aromatic heterocycles. The van der Waals surface area contributed by atoms with Gasteiger partial charge in [0.05, 0.1) is 6.10 Å². The molecule has 0 rings (SSSR count). The molecule has 0 aliphatic carbocycles. The molecule has 0 aromatic carbocycles. The molecule has 4 atom stereocenters. The fourth-order valence-electron chi connectivity index (χ4n) is 3.37. The molecule has 6 heteroatoms. The predicted octanol–water partition coefficient (Wildman–Crippen LogP) is 12.4. The van der Waals surface area contributed by atoms with Crippen molar-refractivity contribution in [1.29, 1.82) is 0 Å². The molecule has 1 nitrogen and oxygen atoms in total. The monoisotopic (exact) mass is 562 g/mol. The van der Waals surface area contributed by atoms with E-state index in [-0.39, 0.29) is 18.3 Å². The number of allylic oxidation sites excluding steroid dienone is 7. The summed E-state index contributed by atoms with van der Waals surface area (Å²) >= 11 is 0. The zero-order chi connectivity index (χ0) is 31.3. The van der Waals surface area contributed by atoms with Crippen molar-refractivity contribution >= 4 is 0 Å². The zero-order valence-corrected chi connectivity index (χ0v) is 25.8. The van der Waals surface area contributed by atoms with Crippen molar-refractivity contribution in [2.45, 2.75) is 113 Å². The van der Waals surface area contributed by atoms with E-state index in [1.807, 2.05) is 0 Å². The van der Waals surface area contributed by atoms with Crippen molar-refractivity contribution in [1.82, 2.24) is 0 Å². The van der Waals surface area contributed by atoms with Crippen molar-refractivity contribution in [3.05, 3.63) is 73.7 Å². The maximum Gasteiger partial charge on any atom is 0.358 e. The van der Waals surface area contributed by atoms with E-state index in [1.54, 1.807) is 27.7 Å².